The summed E-state index contributed by atoms with van der Waals surface area (Å²) in [5, 5.41) is 17.4. The van der Waals surface area contributed by atoms with Crippen molar-refractivity contribution in [3.8, 4) is 0 Å². The van der Waals surface area contributed by atoms with Gasteiger partial charge in [0.1, 0.15) is 0 Å². The molecule has 1 aliphatic rings. The van der Waals surface area contributed by atoms with Gasteiger partial charge in [0.25, 0.3) is 0 Å². The van der Waals surface area contributed by atoms with Crippen LogP contribution in [0.3, 0.4) is 0 Å². The normalized spacial score (nSPS) is 21.4. The molecule has 1 saturated carbocycles. The Hall–Kier alpha value is -2.32. The summed E-state index contributed by atoms with van der Waals surface area (Å²) in [5.74, 6) is -2.30. The quantitative estimate of drug-likeness (QED) is 0.395. The van der Waals surface area contributed by atoms with Crippen LogP contribution < -0.4 is 0 Å². The molecule has 1 fully saturated rings. The summed E-state index contributed by atoms with van der Waals surface area (Å²) in [6, 6.07) is 0.264. The lowest BCUT2D eigenvalue weighted by Crippen LogP contribution is -2.47. The summed E-state index contributed by atoms with van der Waals surface area (Å²) in [4.78, 5) is 14.5. The lowest BCUT2D eigenvalue weighted by molar-refractivity contribution is -0.147. The third kappa shape index (κ3) is 7.00. The standard InChI is InChI=1S/C24H34F3N3O6S2/c1-6-37(33,34)17-10-16(24(25,26)27)11-18(12-17)38(35,36)30(5)21-9-7-8-20(19(21)14-28)29-15(2)13-23(3,4)22(31)32/h10-12,14-15,19,21,28H,6-9,13H2,1-5H3,(H,31,32). The van der Waals surface area contributed by atoms with Crippen LogP contribution in [0, 0.1) is 16.7 Å². The number of sulfone groups is 1. The molecule has 0 amide bonds. The minimum Gasteiger partial charge on any atom is -0.481 e. The highest BCUT2D eigenvalue weighted by molar-refractivity contribution is 7.91. The van der Waals surface area contributed by atoms with Gasteiger partial charge in [-0.3, -0.25) is 9.79 Å². The average molecular weight is 582 g/mol. The van der Waals surface area contributed by atoms with E-state index in [1.807, 2.05) is 0 Å². The van der Waals surface area contributed by atoms with Crippen LogP contribution in [0.4, 0.5) is 13.2 Å². The first kappa shape index (κ1) is 31.9. The summed E-state index contributed by atoms with van der Waals surface area (Å²) in [7, 11) is -7.58. The molecule has 1 aromatic rings. The van der Waals surface area contributed by atoms with Gasteiger partial charge in [0.05, 0.1) is 26.5 Å². The van der Waals surface area contributed by atoms with Gasteiger partial charge in [0.2, 0.25) is 10.0 Å². The largest absolute Gasteiger partial charge is 0.481 e. The third-order valence-electron chi connectivity index (χ3n) is 6.77. The highest BCUT2D eigenvalue weighted by Gasteiger charge is 2.40. The molecule has 1 aliphatic carbocycles. The lowest BCUT2D eigenvalue weighted by Gasteiger charge is -2.37. The van der Waals surface area contributed by atoms with Crippen molar-refractivity contribution < 1.29 is 39.9 Å². The van der Waals surface area contributed by atoms with E-state index in [2.05, 4.69) is 4.99 Å². The van der Waals surface area contributed by atoms with Gasteiger partial charge in [-0.15, -0.1) is 0 Å². The van der Waals surface area contributed by atoms with Crippen molar-refractivity contribution in [3.05, 3.63) is 23.8 Å². The van der Waals surface area contributed by atoms with Gasteiger partial charge in [-0.2, -0.15) is 17.5 Å². The number of halogens is 3. The Labute approximate surface area is 221 Å². The Balaban J connectivity index is 2.52. The second kappa shape index (κ2) is 11.4. The maximum absolute atomic E-state index is 13.6. The number of hydrogen-bond donors (Lipinski definition) is 2. The first-order valence-electron chi connectivity index (χ1n) is 12.0. The van der Waals surface area contributed by atoms with Crippen molar-refractivity contribution in [2.45, 2.75) is 81.4 Å². The molecule has 3 unspecified atom stereocenters. The minimum atomic E-state index is -4.98. The van der Waals surface area contributed by atoms with Gasteiger partial charge in [-0.1, -0.05) is 6.92 Å². The zero-order chi connectivity index (χ0) is 29.3. The van der Waals surface area contributed by atoms with Crippen LogP contribution in [0.1, 0.15) is 58.9 Å². The van der Waals surface area contributed by atoms with Crippen molar-refractivity contribution in [1.82, 2.24) is 4.31 Å². The smallest absolute Gasteiger partial charge is 0.416 e. The summed E-state index contributed by atoms with van der Waals surface area (Å²) >= 11 is 0. The number of nitrogens with zero attached hydrogens (tertiary/aromatic N) is 2. The van der Waals surface area contributed by atoms with Gasteiger partial charge in [-0.05, 0) is 64.7 Å². The Morgan fingerprint density at radius 3 is 2.29 bits per heavy atom. The molecule has 2 N–H and O–H groups in total. The maximum atomic E-state index is 13.6. The predicted octanol–water partition coefficient (Wildman–Crippen LogP) is 4.27. The number of nitrogens with one attached hydrogen (secondary N) is 1. The predicted molar refractivity (Wildman–Crippen MR) is 137 cm³/mol. The molecule has 0 aliphatic heterocycles. The zero-order valence-corrected chi connectivity index (χ0v) is 23.5. The molecule has 0 aromatic heterocycles. The number of carbonyl (C=O) groups is 1. The molecule has 2 rings (SSSR count). The number of carboxylic acids is 1. The number of sulfonamides is 1. The first-order chi connectivity index (χ1) is 17.3. The molecule has 1 aromatic carbocycles. The van der Waals surface area contributed by atoms with E-state index in [-0.39, 0.29) is 6.42 Å². The molecule has 0 spiro atoms. The number of carboxylic acid groups (broad SMARTS) is 1. The minimum absolute atomic E-state index is 0.203. The molecule has 38 heavy (non-hydrogen) atoms. The van der Waals surface area contributed by atoms with E-state index in [9.17, 15) is 39.9 Å². The van der Waals surface area contributed by atoms with Crippen molar-refractivity contribution in [2.75, 3.05) is 12.8 Å². The van der Waals surface area contributed by atoms with E-state index in [1.54, 1.807) is 20.8 Å². The van der Waals surface area contributed by atoms with Crippen LogP contribution in [-0.2, 0) is 30.8 Å². The number of aliphatic imine (C=N–C) groups is 1. The van der Waals surface area contributed by atoms with Crippen LogP contribution in [0.15, 0.2) is 33.0 Å². The number of alkyl halides is 3. The molecule has 14 heteroatoms. The monoisotopic (exact) mass is 581 g/mol. The fraction of sp³-hybridized carbons (Fsp3) is 0.625. The van der Waals surface area contributed by atoms with Gasteiger partial charge >= 0.3 is 12.1 Å². The van der Waals surface area contributed by atoms with E-state index >= 15 is 0 Å². The van der Waals surface area contributed by atoms with Crippen LogP contribution in [0.25, 0.3) is 0 Å². The van der Waals surface area contributed by atoms with E-state index in [4.69, 9.17) is 5.41 Å². The molecule has 9 nitrogen and oxygen atoms in total. The first-order valence-corrected chi connectivity index (χ1v) is 15.1. The second-order valence-corrected chi connectivity index (χ2v) is 14.4. The summed E-state index contributed by atoms with van der Waals surface area (Å²) in [6.07, 6.45) is -2.52. The van der Waals surface area contributed by atoms with Gasteiger partial charge in [-0.25, -0.2) is 16.8 Å². The zero-order valence-electron chi connectivity index (χ0n) is 21.9. The molecule has 214 valence electrons. The Morgan fingerprint density at radius 1 is 1.21 bits per heavy atom. The van der Waals surface area contributed by atoms with Crippen LogP contribution >= 0.6 is 0 Å². The summed E-state index contributed by atoms with van der Waals surface area (Å²) < 4.78 is 93.3. The number of rotatable bonds is 10. The van der Waals surface area contributed by atoms with Crippen molar-refractivity contribution in [2.24, 2.45) is 16.3 Å². The molecule has 0 bridgehead atoms. The lowest BCUT2D eigenvalue weighted by atomic mass is 9.82. The Morgan fingerprint density at radius 2 is 1.79 bits per heavy atom. The summed E-state index contributed by atoms with van der Waals surface area (Å²) in [6.45, 7) is 6.09. The van der Waals surface area contributed by atoms with Gasteiger partial charge in [0.15, 0.2) is 9.84 Å². The average Bonchev–Trinajstić information content (AvgIpc) is 2.81. The topological polar surface area (TPSA) is 145 Å². The molecular weight excluding hydrogens is 547 g/mol. The molecular formula is C24H34F3N3O6S2. The maximum Gasteiger partial charge on any atom is 0.416 e. The molecule has 0 heterocycles. The molecule has 0 radical (unpaired) electrons. The van der Waals surface area contributed by atoms with Crippen molar-refractivity contribution in [3.63, 3.8) is 0 Å². The number of aliphatic carboxylic acids is 1. The third-order valence-corrected chi connectivity index (χ3v) is 10.3. The van der Waals surface area contributed by atoms with Gasteiger partial charge < -0.3 is 10.5 Å². The SMILES string of the molecule is CCS(=O)(=O)c1cc(C(F)(F)F)cc(S(=O)(=O)N(C)C2CCCC(=NC(C)CC(C)(C)C(=O)O)C2C=N)c1. The van der Waals surface area contributed by atoms with Crippen molar-refractivity contribution in [1.29, 1.82) is 5.41 Å². The number of hydrogen-bond acceptors (Lipinski definition) is 7. The fourth-order valence-electron chi connectivity index (χ4n) is 4.56. The van der Waals surface area contributed by atoms with Crippen LogP contribution in [0.5, 0.6) is 0 Å². The Kier molecular flexibility index (Phi) is 9.59. The van der Waals surface area contributed by atoms with E-state index in [0.717, 1.165) is 16.6 Å². The molecule has 0 saturated heterocycles. The fourth-order valence-corrected chi connectivity index (χ4v) is 7.05. The highest BCUT2D eigenvalue weighted by atomic mass is 32.2. The van der Waals surface area contributed by atoms with Crippen molar-refractivity contribution >= 4 is 37.8 Å². The van der Waals surface area contributed by atoms with E-state index in [1.165, 1.54) is 14.0 Å². The summed E-state index contributed by atoms with van der Waals surface area (Å²) in [5.41, 5.74) is -1.95. The van der Waals surface area contributed by atoms with E-state index < -0.39 is 76.5 Å². The highest BCUT2D eigenvalue weighted by Crippen LogP contribution is 2.36. The van der Waals surface area contributed by atoms with E-state index in [0.29, 0.717) is 37.1 Å². The second-order valence-electron chi connectivity index (χ2n) is 10.1. The van der Waals surface area contributed by atoms with Crippen LogP contribution in [0.2, 0.25) is 0 Å². The Bertz CT molecular complexity index is 1310. The molecule has 3 atom stereocenters. The van der Waals surface area contributed by atoms with Gasteiger partial charge in [0, 0.05) is 37.0 Å². The number of benzene rings is 1. The van der Waals surface area contributed by atoms with Crippen LogP contribution in [-0.4, -0.2) is 69.0 Å².